The Bertz CT molecular complexity index is 769. The van der Waals surface area contributed by atoms with Crippen molar-refractivity contribution in [1.82, 2.24) is 10.2 Å². The molecule has 134 valence electrons. The number of aliphatic imine (C=N–C) groups is 1. The van der Waals surface area contributed by atoms with Crippen molar-refractivity contribution in [3.63, 3.8) is 0 Å². The number of aryl methyl sites for hydroxylation is 3. The second kappa shape index (κ2) is 8.27. The number of rotatable bonds is 5. The van der Waals surface area contributed by atoms with E-state index in [-0.39, 0.29) is 18.5 Å². The van der Waals surface area contributed by atoms with Gasteiger partial charge in [0.25, 0.3) is 0 Å². The fourth-order valence-electron chi connectivity index (χ4n) is 2.09. The van der Waals surface area contributed by atoms with Crippen LogP contribution in [0.15, 0.2) is 27.6 Å². The monoisotopic (exact) mass is 347 g/mol. The minimum Gasteiger partial charge on any atom is -0.437 e. The molecule has 2 aromatic rings. The van der Waals surface area contributed by atoms with Crippen molar-refractivity contribution in [1.29, 1.82) is 0 Å². The molecule has 1 heterocycles. The van der Waals surface area contributed by atoms with E-state index in [1.807, 2.05) is 32.0 Å². The highest BCUT2D eigenvalue weighted by Crippen LogP contribution is 2.18. The third-order valence-electron chi connectivity index (χ3n) is 3.13. The molecular weight excluding hydrogens is 326 g/mol. The van der Waals surface area contributed by atoms with Gasteiger partial charge in [0.15, 0.2) is 0 Å². The fourth-order valence-corrected chi connectivity index (χ4v) is 2.09. The average Bonchev–Trinajstić information content (AvgIpc) is 2.92. The summed E-state index contributed by atoms with van der Waals surface area (Å²) < 4.78 is 20.7. The van der Waals surface area contributed by atoms with E-state index in [9.17, 15) is 4.79 Å². The van der Waals surface area contributed by atoms with Gasteiger partial charge in [0.2, 0.25) is 18.1 Å². The first kappa shape index (κ1) is 18.4. The van der Waals surface area contributed by atoms with Crippen molar-refractivity contribution in [3.05, 3.63) is 40.8 Å². The Labute approximate surface area is 145 Å². The Hall–Kier alpha value is -2.90. The molecule has 8 heteroatoms. The number of nitrogens with zero attached hydrogens (tertiary/aromatic N) is 3. The maximum absolute atomic E-state index is 11.4. The molecular formula is C17H21N3O5. The van der Waals surface area contributed by atoms with E-state index in [1.54, 1.807) is 20.8 Å². The van der Waals surface area contributed by atoms with Crippen LogP contribution >= 0.6 is 0 Å². The Morgan fingerprint density at radius 3 is 2.60 bits per heavy atom. The van der Waals surface area contributed by atoms with Crippen molar-refractivity contribution in [2.75, 3.05) is 6.61 Å². The molecule has 0 aliphatic heterocycles. The van der Waals surface area contributed by atoms with E-state index in [0.29, 0.717) is 5.89 Å². The van der Waals surface area contributed by atoms with E-state index in [4.69, 9.17) is 18.6 Å². The SMILES string of the molecule is CCOC(=O)OC(C)OC(=Nc1nnc(C)o1)c1ccc(C)cc1C. The number of benzene rings is 1. The van der Waals surface area contributed by atoms with Gasteiger partial charge in [-0.25, -0.2) is 4.79 Å². The molecule has 0 saturated heterocycles. The van der Waals surface area contributed by atoms with E-state index in [0.717, 1.165) is 16.7 Å². The van der Waals surface area contributed by atoms with Gasteiger partial charge in [-0.05, 0) is 32.4 Å². The van der Waals surface area contributed by atoms with Gasteiger partial charge in [0, 0.05) is 19.4 Å². The molecule has 1 aromatic heterocycles. The van der Waals surface area contributed by atoms with E-state index >= 15 is 0 Å². The third kappa shape index (κ3) is 5.30. The lowest BCUT2D eigenvalue weighted by molar-refractivity contribution is -0.0582. The van der Waals surface area contributed by atoms with Crippen LogP contribution in [-0.4, -0.2) is 35.1 Å². The van der Waals surface area contributed by atoms with Crippen molar-refractivity contribution in [2.45, 2.75) is 40.9 Å². The van der Waals surface area contributed by atoms with Crippen molar-refractivity contribution in [2.24, 2.45) is 4.99 Å². The van der Waals surface area contributed by atoms with Crippen LogP contribution in [0.1, 0.15) is 36.4 Å². The molecule has 1 aromatic carbocycles. The first-order valence-corrected chi connectivity index (χ1v) is 7.85. The first-order valence-electron chi connectivity index (χ1n) is 7.85. The van der Waals surface area contributed by atoms with Crippen LogP contribution < -0.4 is 0 Å². The summed E-state index contributed by atoms with van der Waals surface area (Å²) in [5, 5.41) is 7.58. The molecule has 1 unspecified atom stereocenters. The Morgan fingerprint density at radius 1 is 1.24 bits per heavy atom. The molecule has 8 nitrogen and oxygen atoms in total. The number of ether oxygens (including phenoxy) is 3. The summed E-state index contributed by atoms with van der Waals surface area (Å²) >= 11 is 0. The largest absolute Gasteiger partial charge is 0.511 e. The highest BCUT2D eigenvalue weighted by molar-refractivity contribution is 5.96. The van der Waals surface area contributed by atoms with Crippen LogP contribution in [0.25, 0.3) is 0 Å². The van der Waals surface area contributed by atoms with Crippen LogP contribution in [0.2, 0.25) is 0 Å². The summed E-state index contributed by atoms with van der Waals surface area (Å²) in [5.41, 5.74) is 2.77. The summed E-state index contributed by atoms with van der Waals surface area (Å²) in [5.74, 6) is 0.590. The Morgan fingerprint density at radius 2 is 2.00 bits per heavy atom. The molecule has 0 radical (unpaired) electrons. The zero-order valence-electron chi connectivity index (χ0n) is 14.9. The van der Waals surface area contributed by atoms with Gasteiger partial charge in [-0.1, -0.05) is 22.8 Å². The van der Waals surface area contributed by atoms with Gasteiger partial charge in [-0.3, -0.25) is 0 Å². The second-order valence-corrected chi connectivity index (χ2v) is 5.33. The molecule has 0 fully saturated rings. The molecule has 0 amide bonds. The predicted molar refractivity (Wildman–Crippen MR) is 89.8 cm³/mol. The predicted octanol–water partition coefficient (Wildman–Crippen LogP) is 3.61. The second-order valence-electron chi connectivity index (χ2n) is 5.33. The van der Waals surface area contributed by atoms with Crippen LogP contribution in [0.3, 0.4) is 0 Å². The van der Waals surface area contributed by atoms with Gasteiger partial charge in [-0.2, -0.15) is 4.99 Å². The topological polar surface area (TPSA) is 96.0 Å². The van der Waals surface area contributed by atoms with Crippen molar-refractivity contribution in [3.8, 4) is 0 Å². The summed E-state index contributed by atoms with van der Waals surface area (Å²) in [6.45, 7) is 9.04. The number of aromatic nitrogens is 2. The Kier molecular flexibility index (Phi) is 6.10. The molecule has 0 aliphatic carbocycles. The summed E-state index contributed by atoms with van der Waals surface area (Å²) in [7, 11) is 0. The third-order valence-corrected chi connectivity index (χ3v) is 3.13. The minimum atomic E-state index is -0.914. The van der Waals surface area contributed by atoms with E-state index < -0.39 is 12.4 Å². The maximum Gasteiger partial charge on any atom is 0.511 e. The van der Waals surface area contributed by atoms with E-state index in [2.05, 4.69) is 15.2 Å². The highest BCUT2D eigenvalue weighted by Gasteiger charge is 2.18. The number of hydrogen-bond acceptors (Lipinski definition) is 8. The summed E-state index contributed by atoms with van der Waals surface area (Å²) in [4.78, 5) is 15.7. The van der Waals surface area contributed by atoms with Crippen molar-refractivity contribution < 1.29 is 23.4 Å². The zero-order chi connectivity index (χ0) is 18.4. The van der Waals surface area contributed by atoms with Crippen LogP contribution in [0.4, 0.5) is 10.8 Å². The van der Waals surface area contributed by atoms with Gasteiger partial charge in [0.05, 0.1) is 6.61 Å². The molecule has 25 heavy (non-hydrogen) atoms. The van der Waals surface area contributed by atoms with Gasteiger partial charge >= 0.3 is 12.2 Å². The normalized spacial score (nSPS) is 12.6. The summed E-state index contributed by atoms with van der Waals surface area (Å²) in [6, 6.07) is 5.83. The lowest BCUT2D eigenvalue weighted by Gasteiger charge is -2.17. The van der Waals surface area contributed by atoms with Crippen LogP contribution in [-0.2, 0) is 14.2 Å². The molecule has 0 spiro atoms. The highest BCUT2D eigenvalue weighted by atomic mass is 16.8. The quantitative estimate of drug-likeness (QED) is 0.353. The van der Waals surface area contributed by atoms with Crippen LogP contribution in [0, 0.1) is 20.8 Å². The molecule has 0 saturated carbocycles. The lowest BCUT2D eigenvalue weighted by Crippen LogP contribution is -2.23. The first-order chi connectivity index (χ1) is 11.9. The minimum absolute atomic E-state index is 0.0517. The maximum atomic E-state index is 11.4. The number of carbonyl (C=O) groups excluding carboxylic acids is 1. The smallest absolute Gasteiger partial charge is 0.437 e. The number of carbonyl (C=O) groups is 1. The molecule has 0 aliphatic rings. The lowest BCUT2D eigenvalue weighted by atomic mass is 10.1. The van der Waals surface area contributed by atoms with Gasteiger partial charge < -0.3 is 18.6 Å². The molecule has 0 N–H and O–H groups in total. The standard InChI is InChI=1S/C17H21N3O5/c1-6-22-17(21)25-13(5)24-15(18-16-20-19-12(4)23-16)14-8-7-10(2)9-11(14)3/h7-9,13H,6H2,1-5H3. The van der Waals surface area contributed by atoms with Gasteiger partial charge in [0.1, 0.15) is 0 Å². The zero-order valence-corrected chi connectivity index (χ0v) is 14.9. The van der Waals surface area contributed by atoms with Gasteiger partial charge in [-0.15, -0.1) is 5.10 Å². The Balaban J connectivity index is 2.29. The van der Waals surface area contributed by atoms with Crippen molar-refractivity contribution >= 4 is 18.1 Å². The number of hydrogen-bond donors (Lipinski definition) is 0. The summed E-state index contributed by atoms with van der Waals surface area (Å²) in [6.07, 6.45) is -1.73. The van der Waals surface area contributed by atoms with E-state index in [1.165, 1.54) is 0 Å². The van der Waals surface area contributed by atoms with Crippen LogP contribution in [0.5, 0.6) is 0 Å². The molecule has 0 bridgehead atoms. The fraction of sp³-hybridized carbons (Fsp3) is 0.412. The average molecular weight is 347 g/mol. The molecule has 1 atom stereocenters. The molecule has 2 rings (SSSR count).